The first-order valence-corrected chi connectivity index (χ1v) is 10.4. The fourth-order valence-electron chi connectivity index (χ4n) is 3.77. The molecule has 3 heterocycles. The van der Waals surface area contributed by atoms with E-state index in [1.807, 2.05) is 32.0 Å². The van der Waals surface area contributed by atoms with Crippen LogP contribution >= 0.6 is 27.3 Å². The van der Waals surface area contributed by atoms with Gasteiger partial charge in [0, 0.05) is 27.9 Å². The topological polar surface area (TPSA) is 71.4 Å². The van der Waals surface area contributed by atoms with E-state index in [1.54, 1.807) is 6.92 Å². The average Bonchev–Trinajstić information content (AvgIpc) is 3.20. The number of nitrogens with zero attached hydrogens (tertiary/aromatic N) is 2. The Morgan fingerprint density at radius 3 is 2.63 bits per heavy atom. The van der Waals surface area contributed by atoms with Crippen LogP contribution < -0.4 is 5.32 Å². The van der Waals surface area contributed by atoms with Gasteiger partial charge in [0.05, 0.1) is 10.3 Å². The highest BCUT2D eigenvalue weighted by molar-refractivity contribution is 9.11. The lowest BCUT2D eigenvalue weighted by molar-refractivity contribution is -0.130. The largest absolute Gasteiger partial charge is 0.345 e. The molecule has 142 valence electrons. The molecule has 27 heavy (non-hydrogen) atoms. The molecule has 1 saturated carbocycles. The minimum atomic E-state index is -1.14. The molecule has 1 aliphatic carbocycles. The zero-order chi connectivity index (χ0) is 19.5. The molecule has 4 rings (SSSR count). The number of carbonyl (C=O) groups excluding carboxylic acids is 3. The van der Waals surface area contributed by atoms with Gasteiger partial charge in [-0.15, -0.1) is 11.3 Å². The third-order valence-corrected chi connectivity index (χ3v) is 7.18. The number of hydrogen-bond acceptors (Lipinski definition) is 4. The van der Waals surface area contributed by atoms with Crippen molar-refractivity contribution in [2.45, 2.75) is 45.2 Å². The molecule has 0 spiro atoms. The van der Waals surface area contributed by atoms with Crippen LogP contribution in [0, 0.1) is 13.8 Å². The highest BCUT2D eigenvalue weighted by atomic mass is 79.9. The number of urea groups is 1. The molecule has 6 nitrogen and oxygen atoms in total. The van der Waals surface area contributed by atoms with Gasteiger partial charge in [-0.2, -0.15) is 0 Å². The number of ketones is 1. The summed E-state index contributed by atoms with van der Waals surface area (Å²) >= 11 is 4.77. The molecule has 1 unspecified atom stereocenters. The summed E-state index contributed by atoms with van der Waals surface area (Å²) < 4.78 is 3.06. The highest BCUT2D eigenvalue weighted by Gasteiger charge is 2.50. The van der Waals surface area contributed by atoms with Crippen molar-refractivity contribution in [2.24, 2.45) is 0 Å². The van der Waals surface area contributed by atoms with Gasteiger partial charge in [-0.1, -0.05) is 0 Å². The van der Waals surface area contributed by atoms with Crippen molar-refractivity contribution in [3.05, 3.63) is 43.8 Å². The lowest BCUT2D eigenvalue weighted by atomic mass is 10.0. The van der Waals surface area contributed by atoms with E-state index in [0.29, 0.717) is 11.6 Å². The van der Waals surface area contributed by atoms with E-state index in [2.05, 4.69) is 25.8 Å². The number of Topliss-reactive ketones (excluding diaryl/α,β-unsaturated/α-hetero) is 1. The van der Waals surface area contributed by atoms with Crippen molar-refractivity contribution in [1.29, 1.82) is 0 Å². The van der Waals surface area contributed by atoms with Gasteiger partial charge in [-0.25, -0.2) is 4.79 Å². The Morgan fingerprint density at radius 2 is 2.04 bits per heavy atom. The van der Waals surface area contributed by atoms with Crippen molar-refractivity contribution < 1.29 is 14.4 Å². The Labute approximate surface area is 169 Å². The lowest BCUT2D eigenvalue weighted by Gasteiger charge is -2.19. The second kappa shape index (κ2) is 6.31. The molecule has 0 radical (unpaired) electrons. The second-order valence-corrected chi connectivity index (χ2v) is 9.82. The van der Waals surface area contributed by atoms with Crippen LogP contribution in [-0.2, 0) is 10.3 Å². The first-order valence-electron chi connectivity index (χ1n) is 8.84. The van der Waals surface area contributed by atoms with Crippen LogP contribution in [-0.4, -0.2) is 33.7 Å². The van der Waals surface area contributed by atoms with Crippen LogP contribution in [0.5, 0.6) is 0 Å². The van der Waals surface area contributed by atoms with Gasteiger partial charge in [0.2, 0.25) is 0 Å². The van der Waals surface area contributed by atoms with Crippen LogP contribution in [0.4, 0.5) is 4.79 Å². The summed E-state index contributed by atoms with van der Waals surface area (Å²) in [5.74, 6) is -0.610. The highest BCUT2D eigenvalue weighted by Crippen LogP contribution is 2.39. The number of aromatic nitrogens is 1. The van der Waals surface area contributed by atoms with Gasteiger partial charge < -0.3 is 9.88 Å². The molecular weight excluding hydrogens is 430 g/mol. The summed E-state index contributed by atoms with van der Waals surface area (Å²) in [6.45, 7) is 5.34. The summed E-state index contributed by atoms with van der Waals surface area (Å²) in [4.78, 5) is 40.1. The third-order valence-electron chi connectivity index (χ3n) is 5.34. The van der Waals surface area contributed by atoms with Gasteiger partial charge in [0.25, 0.3) is 5.91 Å². The van der Waals surface area contributed by atoms with Crippen molar-refractivity contribution in [3.8, 4) is 0 Å². The number of amides is 3. The second-order valence-electron chi connectivity index (χ2n) is 7.36. The number of aryl methyl sites for hydroxylation is 1. The van der Waals surface area contributed by atoms with E-state index in [1.165, 1.54) is 11.3 Å². The zero-order valence-corrected chi connectivity index (χ0v) is 17.7. The normalized spacial score (nSPS) is 22.4. The van der Waals surface area contributed by atoms with E-state index >= 15 is 0 Å². The molecule has 2 aromatic rings. The van der Waals surface area contributed by atoms with Crippen LogP contribution in [0.25, 0.3) is 0 Å². The summed E-state index contributed by atoms with van der Waals surface area (Å²) in [6, 6.07) is 5.46. The summed E-state index contributed by atoms with van der Waals surface area (Å²) in [7, 11) is 0. The van der Waals surface area contributed by atoms with Gasteiger partial charge in [-0.3, -0.25) is 14.5 Å². The molecule has 1 N–H and O–H groups in total. The fraction of sp³-hybridized carbons (Fsp3) is 0.421. The molecule has 0 bridgehead atoms. The van der Waals surface area contributed by atoms with E-state index < -0.39 is 17.5 Å². The standard InChI is InChI=1S/C19H20BrN3O3S/c1-10-8-13(11(2)23(10)12-4-5-12)14(24)9-22-17(25)19(3,21-18(22)26)15-6-7-16(20)27-15/h6-8,12H,4-5,9H2,1-3H3,(H,21,26). The van der Waals surface area contributed by atoms with E-state index in [4.69, 9.17) is 0 Å². The Morgan fingerprint density at radius 1 is 1.33 bits per heavy atom. The van der Waals surface area contributed by atoms with Gasteiger partial charge in [0.1, 0.15) is 0 Å². The first-order chi connectivity index (χ1) is 12.7. The number of carbonyl (C=O) groups is 3. The van der Waals surface area contributed by atoms with Crippen molar-refractivity contribution in [3.63, 3.8) is 0 Å². The average molecular weight is 450 g/mol. The maximum absolute atomic E-state index is 13.0. The lowest BCUT2D eigenvalue weighted by Crippen LogP contribution is -2.40. The molecule has 1 atom stereocenters. The Kier molecular flexibility index (Phi) is 4.31. The fourth-order valence-corrected chi connectivity index (χ4v) is 5.25. The quantitative estimate of drug-likeness (QED) is 0.555. The monoisotopic (exact) mass is 449 g/mol. The van der Waals surface area contributed by atoms with Crippen molar-refractivity contribution in [1.82, 2.24) is 14.8 Å². The number of thiophene rings is 1. The number of hydrogen-bond donors (Lipinski definition) is 1. The van der Waals surface area contributed by atoms with Gasteiger partial charge in [0.15, 0.2) is 11.3 Å². The first kappa shape index (κ1) is 18.4. The number of halogens is 1. The third kappa shape index (κ3) is 2.95. The number of rotatable bonds is 5. The maximum atomic E-state index is 13.0. The molecule has 3 amide bonds. The van der Waals surface area contributed by atoms with Crippen LogP contribution in [0.3, 0.4) is 0 Å². The van der Waals surface area contributed by atoms with Crippen LogP contribution in [0.1, 0.15) is 52.4 Å². The SMILES string of the molecule is Cc1cc(C(=O)CN2C(=O)NC(C)(c3ccc(Br)s3)C2=O)c(C)n1C1CC1. The molecule has 0 aromatic carbocycles. The smallest absolute Gasteiger partial charge is 0.325 e. The van der Waals surface area contributed by atoms with Crippen molar-refractivity contribution in [2.75, 3.05) is 6.54 Å². The molecule has 2 aliphatic rings. The maximum Gasteiger partial charge on any atom is 0.325 e. The number of imide groups is 1. The van der Waals surface area contributed by atoms with E-state index in [0.717, 1.165) is 37.8 Å². The Balaban J connectivity index is 1.58. The molecule has 2 fully saturated rings. The molecular formula is C19H20BrN3O3S. The molecule has 2 aromatic heterocycles. The summed E-state index contributed by atoms with van der Waals surface area (Å²) in [6.07, 6.45) is 2.26. The van der Waals surface area contributed by atoms with Crippen LogP contribution in [0.15, 0.2) is 22.0 Å². The zero-order valence-electron chi connectivity index (χ0n) is 15.3. The van der Waals surface area contributed by atoms with Crippen molar-refractivity contribution >= 4 is 45.0 Å². The van der Waals surface area contributed by atoms with Gasteiger partial charge in [-0.05, 0) is 67.7 Å². The Hall–Kier alpha value is -1.93. The molecule has 8 heteroatoms. The Bertz CT molecular complexity index is 975. The number of nitrogens with one attached hydrogen (secondary N) is 1. The minimum Gasteiger partial charge on any atom is -0.345 e. The minimum absolute atomic E-state index is 0.213. The van der Waals surface area contributed by atoms with Crippen LogP contribution in [0.2, 0.25) is 0 Å². The summed E-state index contributed by atoms with van der Waals surface area (Å²) in [5.41, 5.74) is 1.41. The molecule has 1 saturated heterocycles. The molecule has 1 aliphatic heterocycles. The van der Waals surface area contributed by atoms with E-state index in [9.17, 15) is 14.4 Å². The summed E-state index contributed by atoms with van der Waals surface area (Å²) in [5, 5.41) is 2.75. The van der Waals surface area contributed by atoms with E-state index in [-0.39, 0.29) is 12.3 Å². The predicted molar refractivity (Wildman–Crippen MR) is 106 cm³/mol. The van der Waals surface area contributed by atoms with Gasteiger partial charge >= 0.3 is 6.03 Å². The predicted octanol–water partition coefficient (Wildman–Crippen LogP) is 3.91.